The minimum Gasteiger partial charge on any atom is -0.503 e. The first-order valence-corrected chi connectivity index (χ1v) is 6.61. The van der Waals surface area contributed by atoms with Crippen molar-refractivity contribution >= 4 is 23.2 Å². The first-order chi connectivity index (χ1) is 10.0. The molecule has 2 rings (SSSR count). The van der Waals surface area contributed by atoms with Gasteiger partial charge in [0.15, 0.2) is 11.5 Å². The number of phenols is 1. The molecule has 0 aliphatic carbocycles. The summed E-state index contributed by atoms with van der Waals surface area (Å²) in [5.41, 5.74) is 0.675. The maximum absolute atomic E-state index is 12.8. The highest BCUT2D eigenvalue weighted by Gasteiger charge is 2.14. The van der Waals surface area contributed by atoms with Crippen molar-refractivity contribution in [2.75, 3.05) is 11.9 Å². The summed E-state index contributed by atoms with van der Waals surface area (Å²) in [6.45, 7) is 2.07. The Kier molecular flexibility index (Phi) is 4.65. The number of nitrogens with one attached hydrogen (secondary N) is 1. The van der Waals surface area contributed by atoms with Gasteiger partial charge in [-0.3, -0.25) is 4.79 Å². The van der Waals surface area contributed by atoms with Crippen LogP contribution in [0, 0.1) is 5.82 Å². The number of ether oxygens (including phenoxy) is 1. The van der Waals surface area contributed by atoms with Crippen LogP contribution in [0.3, 0.4) is 0 Å². The predicted molar refractivity (Wildman–Crippen MR) is 78.6 cm³/mol. The molecule has 2 N–H and O–H groups in total. The number of carbonyl (C=O) groups excluding carboxylic acids is 1. The molecule has 21 heavy (non-hydrogen) atoms. The van der Waals surface area contributed by atoms with Crippen LogP contribution in [0.5, 0.6) is 11.5 Å². The zero-order valence-electron chi connectivity index (χ0n) is 11.2. The number of carbonyl (C=O) groups is 1. The smallest absolute Gasteiger partial charge is 0.255 e. The van der Waals surface area contributed by atoms with Gasteiger partial charge in [-0.25, -0.2) is 4.39 Å². The van der Waals surface area contributed by atoms with Gasteiger partial charge in [0.25, 0.3) is 5.91 Å². The topological polar surface area (TPSA) is 58.6 Å². The zero-order valence-corrected chi connectivity index (χ0v) is 11.9. The fraction of sp³-hybridized carbons (Fsp3) is 0.133. The number of amides is 1. The Morgan fingerprint density at radius 2 is 2.00 bits per heavy atom. The molecule has 0 heterocycles. The molecule has 4 nitrogen and oxygen atoms in total. The molecule has 0 aliphatic rings. The number of rotatable bonds is 4. The fourth-order valence-electron chi connectivity index (χ4n) is 1.71. The molecule has 0 radical (unpaired) electrons. The van der Waals surface area contributed by atoms with Crippen molar-refractivity contribution in [3.63, 3.8) is 0 Å². The first kappa shape index (κ1) is 15.1. The molecular weight excluding hydrogens is 297 g/mol. The average Bonchev–Trinajstić information content (AvgIpc) is 2.46. The summed E-state index contributed by atoms with van der Waals surface area (Å²) >= 11 is 5.86. The molecule has 6 heteroatoms. The molecule has 0 saturated carbocycles. The van der Waals surface area contributed by atoms with E-state index in [2.05, 4.69) is 5.32 Å². The van der Waals surface area contributed by atoms with Crippen LogP contribution in [-0.4, -0.2) is 17.6 Å². The molecule has 110 valence electrons. The van der Waals surface area contributed by atoms with E-state index in [0.717, 1.165) is 0 Å². The van der Waals surface area contributed by atoms with E-state index in [-0.39, 0.29) is 27.9 Å². The number of benzene rings is 2. The molecule has 0 aliphatic heterocycles. The molecule has 2 aromatic rings. The SMILES string of the molecule is CCOc1cc(C(=O)Nc2ccc(F)cc2)cc(Cl)c1O. The Balaban J connectivity index is 2.24. The summed E-state index contributed by atoms with van der Waals surface area (Å²) in [6, 6.07) is 8.09. The Morgan fingerprint density at radius 1 is 1.33 bits per heavy atom. The molecule has 0 bridgehead atoms. The summed E-state index contributed by atoms with van der Waals surface area (Å²) in [4.78, 5) is 12.1. The first-order valence-electron chi connectivity index (χ1n) is 6.23. The van der Waals surface area contributed by atoms with Gasteiger partial charge in [-0.15, -0.1) is 0 Å². The minimum atomic E-state index is -0.440. The molecule has 2 aromatic carbocycles. The Bertz CT molecular complexity index is 659. The standard InChI is InChI=1S/C15H13ClFNO3/c1-2-21-13-8-9(7-12(16)14(13)19)15(20)18-11-5-3-10(17)4-6-11/h3-8,19H,2H2,1H3,(H,18,20). The molecule has 0 aromatic heterocycles. The second-order valence-corrected chi connectivity index (χ2v) is 4.61. The van der Waals surface area contributed by atoms with Crippen molar-refractivity contribution in [2.45, 2.75) is 6.92 Å². The highest BCUT2D eigenvalue weighted by atomic mass is 35.5. The third-order valence-electron chi connectivity index (χ3n) is 2.69. The van der Waals surface area contributed by atoms with Gasteiger partial charge in [0.05, 0.1) is 11.6 Å². The lowest BCUT2D eigenvalue weighted by molar-refractivity contribution is 0.102. The van der Waals surface area contributed by atoms with Gasteiger partial charge in [0, 0.05) is 11.3 Å². The van der Waals surface area contributed by atoms with Gasteiger partial charge in [-0.2, -0.15) is 0 Å². The summed E-state index contributed by atoms with van der Waals surface area (Å²) < 4.78 is 18.0. The van der Waals surface area contributed by atoms with Crippen LogP contribution in [0.1, 0.15) is 17.3 Å². The summed E-state index contributed by atoms with van der Waals surface area (Å²) in [6.07, 6.45) is 0. The number of hydrogen-bond donors (Lipinski definition) is 2. The van der Waals surface area contributed by atoms with E-state index < -0.39 is 5.91 Å². The second kappa shape index (κ2) is 6.45. The molecule has 0 spiro atoms. The number of hydrogen-bond acceptors (Lipinski definition) is 3. The lowest BCUT2D eigenvalue weighted by Crippen LogP contribution is -2.12. The van der Waals surface area contributed by atoms with Crippen molar-refractivity contribution < 1.29 is 19.0 Å². The number of phenolic OH excluding ortho intramolecular Hbond substituents is 1. The zero-order chi connectivity index (χ0) is 15.4. The van der Waals surface area contributed by atoms with Gasteiger partial charge >= 0.3 is 0 Å². The highest BCUT2D eigenvalue weighted by molar-refractivity contribution is 6.32. The largest absolute Gasteiger partial charge is 0.503 e. The van der Waals surface area contributed by atoms with Gasteiger partial charge in [-0.05, 0) is 43.3 Å². The van der Waals surface area contributed by atoms with E-state index >= 15 is 0 Å². The third kappa shape index (κ3) is 3.64. The van der Waals surface area contributed by atoms with Crippen LogP contribution in [0.15, 0.2) is 36.4 Å². The maximum atomic E-state index is 12.8. The van der Waals surface area contributed by atoms with Crippen molar-refractivity contribution in [3.05, 3.63) is 52.8 Å². The van der Waals surface area contributed by atoms with E-state index in [1.807, 2.05) is 0 Å². The molecule has 0 atom stereocenters. The van der Waals surface area contributed by atoms with Crippen LogP contribution in [0.2, 0.25) is 5.02 Å². The normalized spacial score (nSPS) is 10.2. The van der Waals surface area contributed by atoms with Crippen LogP contribution in [-0.2, 0) is 0 Å². The van der Waals surface area contributed by atoms with Gasteiger partial charge in [0.1, 0.15) is 5.82 Å². The molecule has 0 fully saturated rings. The van der Waals surface area contributed by atoms with E-state index in [1.165, 1.54) is 36.4 Å². The van der Waals surface area contributed by atoms with Crippen LogP contribution >= 0.6 is 11.6 Å². The lowest BCUT2D eigenvalue weighted by Gasteiger charge is -2.10. The molecule has 0 saturated heterocycles. The Labute approximate surface area is 126 Å². The van der Waals surface area contributed by atoms with Crippen molar-refractivity contribution in [2.24, 2.45) is 0 Å². The Morgan fingerprint density at radius 3 is 2.62 bits per heavy atom. The number of anilines is 1. The quantitative estimate of drug-likeness (QED) is 0.902. The third-order valence-corrected chi connectivity index (χ3v) is 2.98. The van der Waals surface area contributed by atoms with E-state index in [1.54, 1.807) is 6.92 Å². The van der Waals surface area contributed by atoms with E-state index in [4.69, 9.17) is 16.3 Å². The summed E-state index contributed by atoms with van der Waals surface area (Å²) in [5.74, 6) is -0.908. The van der Waals surface area contributed by atoms with Crippen molar-refractivity contribution in [1.29, 1.82) is 0 Å². The molecule has 0 unspecified atom stereocenters. The van der Waals surface area contributed by atoms with Crippen LogP contribution in [0.4, 0.5) is 10.1 Å². The predicted octanol–water partition coefficient (Wildman–Crippen LogP) is 3.84. The van der Waals surface area contributed by atoms with Crippen LogP contribution < -0.4 is 10.1 Å². The fourth-order valence-corrected chi connectivity index (χ4v) is 1.92. The number of halogens is 2. The van der Waals surface area contributed by atoms with Crippen molar-refractivity contribution in [3.8, 4) is 11.5 Å². The van der Waals surface area contributed by atoms with Crippen LogP contribution in [0.25, 0.3) is 0 Å². The summed E-state index contributed by atoms with van der Waals surface area (Å²) in [7, 11) is 0. The molecular formula is C15H13ClFNO3. The highest BCUT2D eigenvalue weighted by Crippen LogP contribution is 2.35. The lowest BCUT2D eigenvalue weighted by atomic mass is 10.1. The summed E-state index contributed by atoms with van der Waals surface area (Å²) in [5, 5.41) is 12.3. The molecule has 1 amide bonds. The average molecular weight is 310 g/mol. The Hall–Kier alpha value is -2.27. The minimum absolute atomic E-state index is 0.0187. The monoisotopic (exact) mass is 309 g/mol. The van der Waals surface area contributed by atoms with Crippen molar-refractivity contribution in [1.82, 2.24) is 0 Å². The van der Waals surface area contributed by atoms with Gasteiger partial charge in [0.2, 0.25) is 0 Å². The van der Waals surface area contributed by atoms with E-state index in [9.17, 15) is 14.3 Å². The van der Waals surface area contributed by atoms with E-state index in [0.29, 0.717) is 12.3 Å². The van der Waals surface area contributed by atoms with Gasteiger partial charge in [-0.1, -0.05) is 11.6 Å². The number of aromatic hydroxyl groups is 1. The maximum Gasteiger partial charge on any atom is 0.255 e. The van der Waals surface area contributed by atoms with Gasteiger partial charge < -0.3 is 15.2 Å². The second-order valence-electron chi connectivity index (χ2n) is 4.20.